The molecule has 0 N–H and O–H groups in total. The molecule has 2 aromatic rings. The highest BCUT2D eigenvalue weighted by Crippen LogP contribution is 2.35. The highest BCUT2D eigenvalue weighted by Gasteiger charge is 2.36. The summed E-state index contributed by atoms with van der Waals surface area (Å²) in [7, 11) is -3.65. The van der Waals surface area contributed by atoms with Crippen LogP contribution >= 0.6 is 0 Å². The fourth-order valence-electron chi connectivity index (χ4n) is 5.82. The zero-order chi connectivity index (χ0) is 25.4. The van der Waals surface area contributed by atoms with E-state index in [1.807, 2.05) is 30.0 Å². The number of carbonyl (C=O) groups excluding carboxylic acids is 2. The zero-order valence-corrected chi connectivity index (χ0v) is 21.8. The lowest BCUT2D eigenvalue weighted by atomic mass is 9.96. The Balaban J connectivity index is 1.18. The van der Waals surface area contributed by atoms with Gasteiger partial charge in [-0.1, -0.05) is 18.2 Å². The average Bonchev–Trinajstić information content (AvgIpc) is 3.24. The molecule has 192 valence electrons. The summed E-state index contributed by atoms with van der Waals surface area (Å²) in [6.07, 6.45) is 1.72. The van der Waals surface area contributed by atoms with E-state index in [1.165, 1.54) is 16.9 Å². The van der Waals surface area contributed by atoms with Gasteiger partial charge in [-0.25, -0.2) is 8.42 Å². The maximum atomic E-state index is 13.4. The molecule has 2 amide bonds. The molecular weight excluding hydrogens is 476 g/mol. The van der Waals surface area contributed by atoms with Crippen LogP contribution in [0.15, 0.2) is 53.4 Å². The van der Waals surface area contributed by atoms with E-state index in [4.69, 9.17) is 0 Å². The van der Waals surface area contributed by atoms with Crippen LogP contribution in [0, 0.1) is 5.92 Å². The van der Waals surface area contributed by atoms with E-state index >= 15 is 0 Å². The van der Waals surface area contributed by atoms with Crippen LogP contribution in [0.25, 0.3) is 0 Å². The van der Waals surface area contributed by atoms with Gasteiger partial charge in [0.15, 0.2) is 0 Å². The molecule has 8 nitrogen and oxygen atoms in total. The smallest absolute Gasteiger partial charge is 0.243 e. The number of hydrogen-bond donors (Lipinski definition) is 0. The zero-order valence-electron chi connectivity index (χ0n) is 21.0. The maximum absolute atomic E-state index is 13.4. The van der Waals surface area contributed by atoms with Gasteiger partial charge in [-0.2, -0.15) is 4.31 Å². The van der Waals surface area contributed by atoms with Crippen molar-refractivity contribution in [3.05, 3.63) is 54.1 Å². The van der Waals surface area contributed by atoms with Gasteiger partial charge < -0.3 is 14.7 Å². The summed E-state index contributed by atoms with van der Waals surface area (Å²) in [6.45, 7) is 7.19. The molecule has 0 saturated carbocycles. The monoisotopic (exact) mass is 510 g/mol. The second-order valence-corrected chi connectivity index (χ2v) is 12.0. The quantitative estimate of drug-likeness (QED) is 0.632. The first-order valence-electron chi connectivity index (χ1n) is 12.8. The predicted octanol–water partition coefficient (Wildman–Crippen LogP) is 2.73. The van der Waals surface area contributed by atoms with Crippen molar-refractivity contribution < 1.29 is 18.0 Å². The molecule has 2 aromatic carbocycles. The third-order valence-electron chi connectivity index (χ3n) is 7.76. The van der Waals surface area contributed by atoms with E-state index < -0.39 is 10.0 Å². The normalized spacial score (nSPS) is 21.5. The number of hydrogen-bond acceptors (Lipinski definition) is 5. The highest BCUT2D eigenvalue weighted by atomic mass is 32.2. The number of fused-ring (bicyclic) bond motifs is 1. The molecule has 9 heteroatoms. The Morgan fingerprint density at radius 1 is 0.889 bits per heavy atom. The molecule has 5 rings (SSSR count). The Hall–Kier alpha value is -2.91. The Morgan fingerprint density at radius 3 is 2.19 bits per heavy atom. The molecule has 2 saturated heterocycles. The fraction of sp³-hybridized carbons (Fsp3) is 0.481. The number of para-hydroxylation sites is 1. The molecule has 0 bridgehead atoms. The molecule has 3 aliphatic rings. The van der Waals surface area contributed by atoms with E-state index in [9.17, 15) is 18.0 Å². The van der Waals surface area contributed by atoms with E-state index in [2.05, 4.69) is 17.0 Å². The van der Waals surface area contributed by atoms with Crippen LogP contribution in [-0.2, 0) is 26.0 Å². The van der Waals surface area contributed by atoms with Crippen molar-refractivity contribution in [2.45, 2.75) is 44.0 Å². The topological polar surface area (TPSA) is 81.2 Å². The summed E-state index contributed by atoms with van der Waals surface area (Å²) < 4.78 is 28.3. The van der Waals surface area contributed by atoms with Crippen molar-refractivity contribution in [2.24, 2.45) is 5.92 Å². The van der Waals surface area contributed by atoms with Crippen molar-refractivity contribution in [1.29, 1.82) is 0 Å². The molecule has 0 unspecified atom stereocenters. The van der Waals surface area contributed by atoms with Crippen LogP contribution in [0.4, 0.5) is 11.4 Å². The van der Waals surface area contributed by atoms with E-state index in [1.54, 1.807) is 23.1 Å². The van der Waals surface area contributed by atoms with E-state index in [0.29, 0.717) is 45.4 Å². The van der Waals surface area contributed by atoms with Gasteiger partial charge in [0.2, 0.25) is 21.8 Å². The number of sulfonamides is 1. The Labute approximate surface area is 213 Å². The summed E-state index contributed by atoms with van der Waals surface area (Å²) in [4.78, 5) is 31.4. The van der Waals surface area contributed by atoms with Crippen LogP contribution in [0.5, 0.6) is 0 Å². The standard InChI is InChI=1S/C27H34N4O4S/c1-20-18-23-19-25(8-9-26(23)31(20)21(2)32)36(34,35)30-12-10-22(11-13-30)27(33)29-16-14-28(15-17-29)24-6-4-3-5-7-24/h3-9,19-20,22H,10-18H2,1-2H3/t20-/m1/s1. The number of piperidine rings is 1. The predicted molar refractivity (Wildman–Crippen MR) is 139 cm³/mol. The second kappa shape index (κ2) is 9.86. The molecule has 3 heterocycles. The highest BCUT2D eigenvalue weighted by molar-refractivity contribution is 7.89. The van der Waals surface area contributed by atoms with Gasteiger partial charge in [0, 0.05) is 69.5 Å². The van der Waals surface area contributed by atoms with Crippen molar-refractivity contribution in [3.8, 4) is 0 Å². The number of carbonyl (C=O) groups is 2. The number of piperazine rings is 1. The van der Waals surface area contributed by atoms with E-state index in [-0.39, 0.29) is 28.7 Å². The third-order valence-corrected chi connectivity index (χ3v) is 9.65. The van der Waals surface area contributed by atoms with Gasteiger partial charge in [-0.15, -0.1) is 0 Å². The summed E-state index contributed by atoms with van der Waals surface area (Å²) >= 11 is 0. The minimum atomic E-state index is -3.65. The van der Waals surface area contributed by atoms with Crippen LogP contribution < -0.4 is 9.80 Å². The van der Waals surface area contributed by atoms with Crippen LogP contribution in [0.2, 0.25) is 0 Å². The van der Waals surface area contributed by atoms with Gasteiger partial charge in [0.05, 0.1) is 4.90 Å². The molecular formula is C27H34N4O4S. The summed E-state index contributed by atoms with van der Waals surface area (Å²) in [5.41, 5.74) is 2.86. The lowest BCUT2D eigenvalue weighted by Crippen LogP contribution is -2.52. The van der Waals surface area contributed by atoms with Gasteiger partial charge in [0.1, 0.15) is 0 Å². The lowest BCUT2D eigenvalue weighted by Gasteiger charge is -2.39. The molecule has 2 fully saturated rings. The SMILES string of the molecule is CC(=O)N1c2ccc(S(=O)(=O)N3CCC(C(=O)N4CCN(c5ccccc5)CC4)CC3)cc2C[C@H]1C. The molecule has 36 heavy (non-hydrogen) atoms. The van der Waals surface area contributed by atoms with E-state index in [0.717, 1.165) is 24.3 Å². The first kappa shape index (κ1) is 24.8. The maximum Gasteiger partial charge on any atom is 0.243 e. The molecule has 0 radical (unpaired) electrons. The molecule has 0 aliphatic carbocycles. The Kier molecular flexibility index (Phi) is 6.78. The number of anilines is 2. The first-order valence-corrected chi connectivity index (χ1v) is 14.2. The minimum Gasteiger partial charge on any atom is -0.368 e. The second-order valence-electron chi connectivity index (χ2n) is 10.1. The number of rotatable bonds is 4. The Morgan fingerprint density at radius 2 is 1.56 bits per heavy atom. The summed E-state index contributed by atoms with van der Waals surface area (Å²) in [6, 6.07) is 15.3. The Bertz CT molecular complexity index is 1230. The summed E-state index contributed by atoms with van der Waals surface area (Å²) in [5, 5.41) is 0. The van der Waals surface area contributed by atoms with Crippen molar-refractivity contribution >= 4 is 33.2 Å². The average molecular weight is 511 g/mol. The number of benzene rings is 2. The number of nitrogens with zero attached hydrogens (tertiary/aromatic N) is 4. The first-order chi connectivity index (χ1) is 17.3. The third kappa shape index (κ3) is 4.62. The molecule has 1 atom stereocenters. The van der Waals surface area contributed by atoms with Gasteiger partial charge in [-0.05, 0) is 62.1 Å². The molecule has 0 aromatic heterocycles. The molecule has 3 aliphatic heterocycles. The number of amides is 2. The summed E-state index contributed by atoms with van der Waals surface area (Å²) in [5.74, 6) is -0.0228. The van der Waals surface area contributed by atoms with Crippen molar-refractivity contribution in [3.63, 3.8) is 0 Å². The van der Waals surface area contributed by atoms with Gasteiger partial charge in [0.25, 0.3) is 0 Å². The van der Waals surface area contributed by atoms with Crippen molar-refractivity contribution in [2.75, 3.05) is 49.1 Å². The lowest BCUT2D eigenvalue weighted by molar-refractivity contribution is -0.137. The minimum absolute atomic E-state index is 0.0202. The van der Waals surface area contributed by atoms with Gasteiger partial charge in [-0.3, -0.25) is 9.59 Å². The fourth-order valence-corrected chi connectivity index (χ4v) is 7.34. The largest absolute Gasteiger partial charge is 0.368 e. The molecule has 0 spiro atoms. The van der Waals surface area contributed by atoms with Crippen LogP contribution in [-0.4, -0.2) is 74.7 Å². The van der Waals surface area contributed by atoms with Gasteiger partial charge >= 0.3 is 0 Å². The van der Waals surface area contributed by atoms with Crippen molar-refractivity contribution in [1.82, 2.24) is 9.21 Å². The van der Waals surface area contributed by atoms with Crippen LogP contribution in [0.3, 0.4) is 0 Å². The van der Waals surface area contributed by atoms with Crippen LogP contribution in [0.1, 0.15) is 32.3 Å².